The summed E-state index contributed by atoms with van der Waals surface area (Å²) in [5.74, 6) is 0.387. The maximum absolute atomic E-state index is 13.8. The number of aliphatic hydroxyl groups is 1. The van der Waals surface area contributed by atoms with Crippen LogP contribution in [0.25, 0.3) is 10.9 Å². The summed E-state index contributed by atoms with van der Waals surface area (Å²) in [7, 11) is 0. The van der Waals surface area contributed by atoms with Crippen LogP contribution in [0.1, 0.15) is 52.0 Å². The summed E-state index contributed by atoms with van der Waals surface area (Å²) in [6, 6.07) is 24.7. The van der Waals surface area contributed by atoms with Crippen molar-refractivity contribution in [3.8, 4) is 0 Å². The topological polar surface area (TPSA) is 59.6 Å². The minimum absolute atomic E-state index is 0.0187. The van der Waals surface area contributed by atoms with Crippen LogP contribution in [0.3, 0.4) is 0 Å². The van der Waals surface area contributed by atoms with Gasteiger partial charge < -0.3 is 19.9 Å². The number of hydrogen-bond donors (Lipinski definition) is 2. The van der Waals surface area contributed by atoms with Crippen LogP contribution >= 0.6 is 0 Å². The first-order chi connectivity index (χ1) is 19.0. The van der Waals surface area contributed by atoms with E-state index in [0.29, 0.717) is 24.6 Å². The van der Waals surface area contributed by atoms with Crippen molar-refractivity contribution in [2.24, 2.45) is 11.8 Å². The van der Waals surface area contributed by atoms with E-state index in [1.54, 1.807) is 12.1 Å². The molecule has 6 heteroatoms. The van der Waals surface area contributed by atoms with Crippen molar-refractivity contribution in [1.29, 1.82) is 0 Å². The fourth-order valence-corrected chi connectivity index (χ4v) is 6.67. The second-order valence-electron chi connectivity index (χ2n) is 11.3. The van der Waals surface area contributed by atoms with Crippen LogP contribution in [0.4, 0.5) is 4.39 Å². The molecular weight excluding hydrogens is 489 g/mol. The second-order valence-corrected chi connectivity index (χ2v) is 11.3. The standard InChI is InChI=1S/C33H36FN3O2/c1-22-18-26-8-5-9-29(31(26)35-22)33(39)37-20-27(30(21-37)32(38)25-6-3-2-4-7-25)19-36-16-14-24(15-17-36)23-10-12-28(34)13-11-23/h2-13,18,24,27,30,32,35,38H,14-17,19-21H2,1H3. The zero-order valence-electron chi connectivity index (χ0n) is 22.4. The van der Waals surface area contributed by atoms with Crippen LogP contribution in [0.2, 0.25) is 0 Å². The summed E-state index contributed by atoms with van der Waals surface area (Å²) in [5, 5.41) is 12.5. The molecule has 2 fully saturated rings. The fraction of sp³-hybridized carbons (Fsp3) is 0.364. The van der Waals surface area contributed by atoms with Gasteiger partial charge in [0.15, 0.2) is 0 Å². The van der Waals surface area contributed by atoms with Crippen LogP contribution in [0, 0.1) is 24.6 Å². The number of nitrogens with one attached hydrogen (secondary N) is 1. The molecule has 0 aliphatic carbocycles. The van der Waals surface area contributed by atoms with E-state index < -0.39 is 6.10 Å². The Labute approximate surface area is 229 Å². The van der Waals surface area contributed by atoms with Gasteiger partial charge in [0.2, 0.25) is 0 Å². The van der Waals surface area contributed by atoms with E-state index in [1.807, 2.05) is 72.5 Å². The van der Waals surface area contributed by atoms with Crippen LogP contribution in [0.5, 0.6) is 0 Å². The van der Waals surface area contributed by atoms with E-state index in [9.17, 15) is 14.3 Å². The monoisotopic (exact) mass is 525 g/mol. The summed E-state index contributed by atoms with van der Waals surface area (Å²) >= 11 is 0. The Kier molecular flexibility index (Phi) is 7.24. The molecule has 3 heterocycles. The predicted molar refractivity (Wildman–Crippen MR) is 152 cm³/mol. The molecule has 2 saturated heterocycles. The van der Waals surface area contributed by atoms with Gasteiger partial charge in [-0.3, -0.25) is 4.79 Å². The zero-order valence-corrected chi connectivity index (χ0v) is 22.4. The molecule has 202 valence electrons. The predicted octanol–water partition coefficient (Wildman–Crippen LogP) is 5.92. The maximum atomic E-state index is 13.8. The number of H-pyrrole nitrogens is 1. The number of aromatic amines is 1. The Hall–Kier alpha value is -3.48. The first-order valence-electron chi connectivity index (χ1n) is 14.0. The SMILES string of the molecule is Cc1cc2cccc(C(=O)N3CC(CN4CCC(c5ccc(F)cc5)CC4)C(C(O)c4ccccc4)C3)c2[nH]1. The number of aliphatic hydroxyl groups excluding tert-OH is 1. The van der Waals surface area contributed by atoms with Gasteiger partial charge in [-0.1, -0.05) is 54.6 Å². The molecule has 1 aromatic heterocycles. The maximum Gasteiger partial charge on any atom is 0.256 e. The molecule has 5 nitrogen and oxygen atoms in total. The lowest BCUT2D eigenvalue weighted by Crippen LogP contribution is -2.39. The Morgan fingerprint density at radius 2 is 1.74 bits per heavy atom. The summed E-state index contributed by atoms with van der Waals surface area (Å²) in [5.41, 5.74) is 4.71. The number of rotatable bonds is 6. The molecule has 3 unspecified atom stereocenters. The number of fused-ring (bicyclic) bond motifs is 1. The van der Waals surface area contributed by atoms with E-state index in [0.717, 1.165) is 54.6 Å². The zero-order chi connectivity index (χ0) is 26.9. The van der Waals surface area contributed by atoms with Gasteiger partial charge in [-0.05, 0) is 80.1 Å². The van der Waals surface area contributed by atoms with Crippen LogP contribution < -0.4 is 0 Å². The number of piperidine rings is 1. The van der Waals surface area contributed by atoms with E-state index in [1.165, 1.54) is 5.56 Å². The molecule has 2 N–H and O–H groups in total. The van der Waals surface area contributed by atoms with Crippen LogP contribution in [0.15, 0.2) is 78.9 Å². The largest absolute Gasteiger partial charge is 0.388 e. The third kappa shape index (κ3) is 5.36. The van der Waals surface area contributed by atoms with Gasteiger partial charge in [0.1, 0.15) is 5.82 Å². The molecule has 0 spiro atoms. The van der Waals surface area contributed by atoms with Crippen molar-refractivity contribution in [3.05, 3.63) is 107 Å². The van der Waals surface area contributed by atoms with Gasteiger partial charge in [-0.15, -0.1) is 0 Å². The number of aryl methyl sites for hydroxylation is 1. The average Bonchev–Trinajstić information content (AvgIpc) is 3.56. The van der Waals surface area contributed by atoms with Gasteiger partial charge in [-0.25, -0.2) is 4.39 Å². The first-order valence-corrected chi connectivity index (χ1v) is 14.0. The molecule has 39 heavy (non-hydrogen) atoms. The lowest BCUT2D eigenvalue weighted by Gasteiger charge is -2.35. The molecular formula is C33H36FN3O2. The number of aromatic nitrogens is 1. The lowest BCUT2D eigenvalue weighted by molar-refractivity contribution is 0.0701. The van der Waals surface area contributed by atoms with E-state index in [2.05, 4.69) is 16.0 Å². The van der Waals surface area contributed by atoms with Gasteiger partial charge >= 0.3 is 0 Å². The minimum Gasteiger partial charge on any atom is -0.388 e. The van der Waals surface area contributed by atoms with E-state index in [4.69, 9.17) is 0 Å². The van der Waals surface area contributed by atoms with Crippen molar-refractivity contribution < 1.29 is 14.3 Å². The Bertz CT molecular complexity index is 1430. The molecule has 0 saturated carbocycles. The number of para-hydroxylation sites is 1. The van der Waals surface area contributed by atoms with E-state index >= 15 is 0 Å². The lowest BCUT2D eigenvalue weighted by atomic mass is 9.85. The number of benzene rings is 3. The second kappa shape index (κ2) is 10.9. The van der Waals surface area contributed by atoms with Crippen molar-refractivity contribution in [2.75, 3.05) is 32.7 Å². The fourth-order valence-electron chi connectivity index (χ4n) is 6.67. The number of amides is 1. The quantitative estimate of drug-likeness (QED) is 0.329. The van der Waals surface area contributed by atoms with Gasteiger partial charge in [0, 0.05) is 36.6 Å². The minimum atomic E-state index is -0.630. The highest BCUT2D eigenvalue weighted by molar-refractivity contribution is 6.06. The van der Waals surface area contributed by atoms with Gasteiger partial charge in [0.05, 0.1) is 17.2 Å². The molecule has 0 bridgehead atoms. The van der Waals surface area contributed by atoms with Gasteiger partial charge in [0.25, 0.3) is 5.91 Å². The summed E-state index contributed by atoms with van der Waals surface area (Å²) in [6.45, 7) is 5.93. The average molecular weight is 526 g/mol. The van der Waals surface area contributed by atoms with Crippen molar-refractivity contribution in [2.45, 2.75) is 31.8 Å². The Morgan fingerprint density at radius 1 is 1.00 bits per heavy atom. The third-order valence-corrected chi connectivity index (χ3v) is 8.77. The van der Waals surface area contributed by atoms with Crippen LogP contribution in [-0.4, -0.2) is 58.5 Å². The summed E-state index contributed by atoms with van der Waals surface area (Å²) < 4.78 is 13.4. The molecule has 3 atom stereocenters. The molecule has 2 aliphatic rings. The van der Waals surface area contributed by atoms with Crippen molar-refractivity contribution >= 4 is 16.8 Å². The Balaban J connectivity index is 1.19. The van der Waals surface area contributed by atoms with Crippen molar-refractivity contribution in [3.63, 3.8) is 0 Å². The molecule has 2 aliphatic heterocycles. The number of nitrogens with zero attached hydrogens (tertiary/aromatic N) is 2. The van der Waals surface area contributed by atoms with Crippen LogP contribution in [-0.2, 0) is 0 Å². The molecule has 1 amide bonds. The smallest absolute Gasteiger partial charge is 0.256 e. The van der Waals surface area contributed by atoms with Gasteiger partial charge in [-0.2, -0.15) is 0 Å². The number of halogens is 1. The third-order valence-electron chi connectivity index (χ3n) is 8.77. The van der Waals surface area contributed by atoms with E-state index in [-0.39, 0.29) is 23.6 Å². The molecule has 0 radical (unpaired) electrons. The number of likely N-dealkylation sites (tertiary alicyclic amines) is 2. The number of hydrogen-bond acceptors (Lipinski definition) is 3. The summed E-state index contributed by atoms with van der Waals surface area (Å²) in [4.78, 5) is 21.6. The summed E-state index contributed by atoms with van der Waals surface area (Å²) in [6.07, 6.45) is 1.43. The Morgan fingerprint density at radius 3 is 2.49 bits per heavy atom. The highest BCUT2D eigenvalue weighted by Crippen LogP contribution is 2.37. The first kappa shape index (κ1) is 25.8. The highest BCUT2D eigenvalue weighted by Gasteiger charge is 2.41. The molecule has 6 rings (SSSR count). The number of carbonyl (C=O) groups is 1. The molecule has 4 aromatic rings. The number of carbonyl (C=O) groups excluding carboxylic acids is 1. The van der Waals surface area contributed by atoms with Crippen molar-refractivity contribution in [1.82, 2.24) is 14.8 Å². The molecule has 3 aromatic carbocycles. The highest BCUT2D eigenvalue weighted by atomic mass is 19.1. The normalized spacial score (nSPS) is 21.5.